The molecular formula is C51H74N6O3Si. The lowest BCUT2D eigenvalue weighted by molar-refractivity contribution is 0.423. The molecule has 61 heavy (non-hydrogen) atoms. The van der Waals surface area contributed by atoms with Crippen molar-refractivity contribution in [2.45, 2.75) is 157 Å². The average Bonchev–Trinajstić information content (AvgIpc) is 3.28. The first-order valence-corrected chi connectivity index (χ1v) is 25.2. The van der Waals surface area contributed by atoms with E-state index < -0.39 is 8.56 Å². The quantitative estimate of drug-likeness (QED) is 0.0388. The van der Waals surface area contributed by atoms with Crippen LogP contribution in [0.4, 0.5) is 0 Å². The molecule has 9 nitrogen and oxygen atoms in total. The fraction of sp³-hybridized carbons (Fsp3) is 0.529. The lowest BCUT2D eigenvalue weighted by Crippen LogP contribution is -2.42. The Bertz CT molecular complexity index is 1780. The van der Waals surface area contributed by atoms with Gasteiger partial charge in [0.2, 0.25) is 0 Å². The highest BCUT2D eigenvalue weighted by atomic mass is 28.4. The van der Waals surface area contributed by atoms with Gasteiger partial charge >= 0.3 is 8.56 Å². The Labute approximate surface area is 368 Å². The molecule has 4 rings (SSSR count). The third-order valence-corrected chi connectivity index (χ3v) is 14.6. The van der Waals surface area contributed by atoms with Gasteiger partial charge in [0.25, 0.3) is 0 Å². The third kappa shape index (κ3) is 15.0. The van der Waals surface area contributed by atoms with Crippen LogP contribution in [0.15, 0.2) is 115 Å². The van der Waals surface area contributed by atoms with E-state index in [0.717, 1.165) is 98.9 Å². The smallest absolute Gasteiger partial charge is 0.507 e. The molecule has 0 heterocycles. The third-order valence-electron chi connectivity index (χ3n) is 12.3. The van der Waals surface area contributed by atoms with Gasteiger partial charge in [0.15, 0.2) is 0 Å². The summed E-state index contributed by atoms with van der Waals surface area (Å²) in [4.78, 5) is 0. The van der Waals surface area contributed by atoms with Gasteiger partial charge in [-0.2, -0.15) is 29.7 Å². The molecule has 3 atom stereocenters. The molecule has 0 amide bonds. The molecule has 3 unspecified atom stereocenters. The van der Waals surface area contributed by atoms with Crippen LogP contribution in [0.1, 0.15) is 152 Å². The number of para-hydroxylation sites is 3. The minimum absolute atomic E-state index is 0.136. The predicted molar refractivity (Wildman–Crippen MR) is 253 cm³/mol. The Morgan fingerprint density at radius 3 is 1.02 bits per heavy atom. The van der Waals surface area contributed by atoms with Crippen LogP contribution in [0.3, 0.4) is 0 Å². The maximum Gasteiger partial charge on any atom is 0.524 e. The molecule has 0 aliphatic rings. The summed E-state index contributed by atoms with van der Waals surface area (Å²) >= 11 is 0. The van der Waals surface area contributed by atoms with E-state index in [9.17, 15) is 15.3 Å². The second kappa shape index (κ2) is 26.6. The molecule has 0 saturated heterocycles. The highest BCUT2D eigenvalue weighted by Crippen LogP contribution is 2.32. The van der Waals surface area contributed by atoms with Crippen molar-refractivity contribution in [3.63, 3.8) is 0 Å². The summed E-state index contributed by atoms with van der Waals surface area (Å²) in [5.41, 5.74) is 4.85. The number of hydrogen-bond donors (Lipinski definition) is 3. The zero-order valence-electron chi connectivity index (χ0n) is 38.1. The number of phenols is 3. The lowest BCUT2D eigenvalue weighted by atomic mass is 9.91. The molecule has 0 saturated carbocycles. The van der Waals surface area contributed by atoms with E-state index in [0.29, 0.717) is 34.4 Å². The molecule has 4 aromatic carbocycles. The summed E-state index contributed by atoms with van der Waals surface area (Å²) in [6.45, 7) is 13.7. The number of hydrogen-bond acceptors (Lipinski definition) is 9. The second-order valence-electron chi connectivity index (χ2n) is 16.8. The fourth-order valence-corrected chi connectivity index (χ4v) is 10.0. The monoisotopic (exact) mass is 847 g/mol. The molecule has 4 aromatic rings. The van der Waals surface area contributed by atoms with E-state index in [4.69, 9.17) is 29.7 Å². The van der Waals surface area contributed by atoms with Crippen LogP contribution in [0.25, 0.3) is 0 Å². The highest BCUT2D eigenvalue weighted by Gasteiger charge is 2.40. The van der Waals surface area contributed by atoms with Gasteiger partial charge in [-0.1, -0.05) is 204 Å². The summed E-state index contributed by atoms with van der Waals surface area (Å²) < 4.78 is 14.7. The van der Waals surface area contributed by atoms with E-state index in [1.54, 1.807) is 0 Å². The first-order valence-electron chi connectivity index (χ1n) is 23.3. The number of aromatic hydroxyl groups is 3. The number of phenolic OH excluding ortho intramolecular Hbond substituents is 3. The zero-order chi connectivity index (χ0) is 43.9. The Balaban J connectivity index is 1.72. The minimum atomic E-state index is -3.74. The molecule has 0 aromatic heterocycles. The number of unbranched alkanes of at least 4 members (excludes halogenated alkanes) is 3. The fourth-order valence-electron chi connectivity index (χ4n) is 8.10. The standard InChI is InChI=1S/C51H74N6O3Si/c1-7-13-22-39(10-4)33-42-25-19-28-45(49(42)58)36-52-55-61(48-31-17-16-18-32-48,56-53-37-46-29-20-26-43(50(46)59)34-40(11-5)23-14-8-2)57-54-38-47-30-21-27-44(51(47)60)35-41(12-6)24-15-9-3/h16-21,25-32,39-41,58-60H,7-15,22-24,33-38H2,1-6H3/b55-52+,56-53+,57-54+. The van der Waals surface area contributed by atoms with Crippen molar-refractivity contribution in [1.82, 2.24) is 0 Å². The summed E-state index contributed by atoms with van der Waals surface area (Å²) in [6, 6.07) is 27.3. The van der Waals surface area contributed by atoms with Crippen molar-refractivity contribution in [2.75, 3.05) is 0 Å². The van der Waals surface area contributed by atoms with Crippen LogP contribution in [0.2, 0.25) is 0 Å². The predicted octanol–water partition coefficient (Wildman–Crippen LogP) is 14.2. The van der Waals surface area contributed by atoms with Gasteiger partial charge in [-0.25, -0.2) is 0 Å². The van der Waals surface area contributed by atoms with E-state index in [2.05, 4.69) is 41.5 Å². The van der Waals surface area contributed by atoms with Crippen molar-refractivity contribution in [2.24, 2.45) is 47.4 Å². The molecule has 3 N–H and O–H groups in total. The Morgan fingerprint density at radius 1 is 0.410 bits per heavy atom. The maximum atomic E-state index is 11.4. The van der Waals surface area contributed by atoms with E-state index in [1.165, 1.54) is 19.3 Å². The van der Waals surface area contributed by atoms with Gasteiger partial charge < -0.3 is 15.3 Å². The Kier molecular flexibility index (Phi) is 21.3. The molecule has 330 valence electrons. The maximum absolute atomic E-state index is 11.4. The topological polar surface area (TPSA) is 135 Å². The minimum Gasteiger partial charge on any atom is -0.507 e. The van der Waals surface area contributed by atoms with Gasteiger partial charge in [-0.05, 0) is 53.7 Å². The Morgan fingerprint density at radius 2 is 0.721 bits per heavy atom. The van der Waals surface area contributed by atoms with Gasteiger partial charge in [0, 0.05) is 21.9 Å². The van der Waals surface area contributed by atoms with Crippen LogP contribution < -0.4 is 5.19 Å². The second-order valence-corrected chi connectivity index (χ2v) is 19.3. The molecule has 0 bridgehead atoms. The van der Waals surface area contributed by atoms with Crippen molar-refractivity contribution in [3.05, 3.63) is 118 Å². The molecule has 0 fully saturated rings. The molecule has 0 aliphatic heterocycles. The number of nitrogens with zero attached hydrogens (tertiary/aromatic N) is 6. The molecular weight excluding hydrogens is 773 g/mol. The van der Waals surface area contributed by atoms with E-state index in [-0.39, 0.29) is 36.9 Å². The largest absolute Gasteiger partial charge is 0.524 e. The van der Waals surface area contributed by atoms with Crippen molar-refractivity contribution in [1.29, 1.82) is 0 Å². The van der Waals surface area contributed by atoms with E-state index >= 15 is 0 Å². The van der Waals surface area contributed by atoms with Gasteiger partial charge in [-0.15, -0.1) is 0 Å². The average molecular weight is 847 g/mol. The summed E-state index contributed by atoms with van der Waals surface area (Å²) in [6.07, 6.45) is 16.0. The highest BCUT2D eigenvalue weighted by molar-refractivity contribution is 6.86. The van der Waals surface area contributed by atoms with Crippen LogP contribution in [-0.4, -0.2) is 23.9 Å². The molecule has 0 spiro atoms. The van der Waals surface area contributed by atoms with Crippen LogP contribution in [0, 0.1) is 17.8 Å². The van der Waals surface area contributed by atoms with Gasteiger partial charge in [0.1, 0.15) is 17.2 Å². The summed E-state index contributed by atoms with van der Waals surface area (Å²) in [5.74, 6) is 2.30. The molecule has 0 radical (unpaired) electrons. The van der Waals surface area contributed by atoms with Crippen LogP contribution in [0.5, 0.6) is 17.2 Å². The van der Waals surface area contributed by atoms with Gasteiger partial charge in [-0.3, -0.25) is 0 Å². The van der Waals surface area contributed by atoms with E-state index in [1.807, 2.05) is 84.9 Å². The lowest BCUT2D eigenvalue weighted by Gasteiger charge is -2.17. The zero-order valence-corrected chi connectivity index (χ0v) is 39.1. The van der Waals surface area contributed by atoms with Crippen LogP contribution in [-0.2, 0) is 38.9 Å². The van der Waals surface area contributed by atoms with Crippen molar-refractivity contribution >= 4 is 13.7 Å². The van der Waals surface area contributed by atoms with Crippen molar-refractivity contribution < 1.29 is 15.3 Å². The number of rotatable bonds is 28. The summed E-state index contributed by atoms with van der Waals surface area (Å²) in [5, 5.41) is 49.2. The SMILES string of the molecule is CCCCC(CC)Cc1cccc(C/N=N/[Si](/N=N/Cc2cccc(CC(CC)CCCC)c2O)(/N=N/Cc2cccc(CC(CC)CCCC)c2O)c2ccccc2)c1O. The molecule has 0 aliphatic carbocycles. The first kappa shape index (κ1) is 49.0. The van der Waals surface area contributed by atoms with Crippen LogP contribution >= 0.6 is 0 Å². The first-order chi connectivity index (χ1) is 29.7. The van der Waals surface area contributed by atoms with Crippen molar-refractivity contribution in [3.8, 4) is 17.2 Å². The number of benzene rings is 4. The Hall–Kier alpha value is -4.70. The normalized spacial score (nSPS) is 14.5. The van der Waals surface area contributed by atoms with Gasteiger partial charge in [0.05, 0.1) is 19.6 Å². The molecule has 10 heteroatoms. The summed E-state index contributed by atoms with van der Waals surface area (Å²) in [7, 11) is -3.74.